The van der Waals surface area contributed by atoms with Gasteiger partial charge in [-0.3, -0.25) is 0 Å². The van der Waals surface area contributed by atoms with Crippen molar-refractivity contribution < 1.29 is 0 Å². The van der Waals surface area contributed by atoms with E-state index >= 15 is 0 Å². The Bertz CT molecular complexity index is 577. The summed E-state index contributed by atoms with van der Waals surface area (Å²) in [6.45, 7) is 7.12. The van der Waals surface area contributed by atoms with Gasteiger partial charge >= 0.3 is 0 Å². The van der Waals surface area contributed by atoms with Crippen LogP contribution in [0.2, 0.25) is 0 Å². The number of nitrogens with one attached hydrogen (secondary N) is 2. The molecule has 0 spiro atoms. The van der Waals surface area contributed by atoms with E-state index < -0.39 is 0 Å². The van der Waals surface area contributed by atoms with Crippen molar-refractivity contribution in [2.75, 3.05) is 10.6 Å². The Balaban J connectivity index is 1.80. The highest BCUT2D eigenvalue weighted by molar-refractivity contribution is 5.52. The molecule has 0 radical (unpaired) electrons. The summed E-state index contributed by atoms with van der Waals surface area (Å²) in [5, 5.41) is 7.61. The summed E-state index contributed by atoms with van der Waals surface area (Å²) in [6, 6.07) is 21.2. The number of rotatable bonds is 4. The Morgan fingerprint density at radius 2 is 1.17 bits per heavy atom. The predicted octanol–water partition coefficient (Wildman–Crippen LogP) is 6.14. The van der Waals surface area contributed by atoms with Gasteiger partial charge in [-0.1, -0.05) is 57.2 Å². The van der Waals surface area contributed by atoms with Crippen LogP contribution in [0.5, 0.6) is 0 Å². The first kappa shape index (κ1) is 16.9. The van der Waals surface area contributed by atoms with Crippen LogP contribution in [0.1, 0.15) is 46.5 Å². The fourth-order valence-corrected chi connectivity index (χ4v) is 3.85. The summed E-state index contributed by atoms with van der Waals surface area (Å²) in [6.07, 6.45) is 4.78. The van der Waals surface area contributed by atoms with Crippen LogP contribution in [0.4, 0.5) is 11.4 Å². The predicted molar refractivity (Wildman–Crippen MR) is 104 cm³/mol. The monoisotopic (exact) mass is 322 g/mol. The molecule has 0 atom stereocenters. The maximum Gasteiger partial charge on any atom is 0.108 e. The van der Waals surface area contributed by atoms with Gasteiger partial charge in [0.1, 0.15) is 5.66 Å². The highest BCUT2D eigenvalue weighted by Crippen LogP contribution is 2.42. The minimum atomic E-state index is -0.0650. The molecule has 2 aromatic carbocycles. The molecule has 0 amide bonds. The van der Waals surface area contributed by atoms with E-state index in [1.54, 1.807) is 0 Å². The molecule has 0 bridgehead atoms. The minimum Gasteiger partial charge on any atom is -0.363 e. The average molecular weight is 322 g/mol. The Kier molecular flexibility index (Phi) is 4.84. The van der Waals surface area contributed by atoms with Gasteiger partial charge in [-0.15, -0.1) is 0 Å². The second-order valence-corrected chi connectivity index (χ2v) is 8.20. The van der Waals surface area contributed by atoms with Crippen LogP contribution in [-0.4, -0.2) is 5.66 Å². The van der Waals surface area contributed by atoms with Crippen LogP contribution in [0.3, 0.4) is 0 Å². The summed E-state index contributed by atoms with van der Waals surface area (Å²) in [7, 11) is 0. The van der Waals surface area contributed by atoms with Crippen molar-refractivity contribution in [2.24, 2.45) is 11.3 Å². The normalized spacial score (nSPS) is 18.1. The maximum absolute atomic E-state index is 3.80. The molecule has 0 aromatic heterocycles. The zero-order valence-electron chi connectivity index (χ0n) is 15.2. The third-order valence-corrected chi connectivity index (χ3v) is 5.38. The van der Waals surface area contributed by atoms with Crippen LogP contribution < -0.4 is 10.6 Å². The van der Waals surface area contributed by atoms with Crippen molar-refractivity contribution >= 4 is 11.4 Å². The largest absolute Gasteiger partial charge is 0.363 e. The molecule has 0 saturated heterocycles. The van der Waals surface area contributed by atoms with E-state index in [0.29, 0.717) is 5.41 Å². The lowest BCUT2D eigenvalue weighted by Gasteiger charge is -2.46. The van der Waals surface area contributed by atoms with E-state index in [-0.39, 0.29) is 5.66 Å². The molecule has 1 fully saturated rings. The van der Waals surface area contributed by atoms with Crippen molar-refractivity contribution in [1.29, 1.82) is 0 Å². The lowest BCUT2D eigenvalue weighted by molar-refractivity contribution is 0.151. The summed E-state index contributed by atoms with van der Waals surface area (Å²) in [5.74, 6) is 0.792. The Morgan fingerprint density at radius 1 is 0.750 bits per heavy atom. The third kappa shape index (κ3) is 4.11. The highest BCUT2D eigenvalue weighted by Gasteiger charge is 2.38. The molecule has 3 rings (SSSR count). The molecular formula is C22H30N2. The molecule has 2 heteroatoms. The van der Waals surface area contributed by atoms with Gasteiger partial charge in [0, 0.05) is 11.4 Å². The molecule has 0 heterocycles. The first-order valence-electron chi connectivity index (χ1n) is 9.13. The number of hydrogen-bond donors (Lipinski definition) is 2. The summed E-state index contributed by atoms with van der Waals surface area (Å²) < 4.78 is 0. The van der Waals surface area contributed by atoms with Crippen LogP contribution in [0.25, 0.3) is 0 Å². The van der Waals surface area contributed by atoms with Gasteiger partial charge in [0.2, 0.25) is 0 Å². The molecule has 2 nitrogen and oxygen atoms in total. The van der Waals surface area contributed by atoms with E-state index in [1.807, 2.05) is 0 Å². The minimum absolute atomic E-state index is 0.0650. The van der Waals surface area contributed by atoms with Crippen molar-refractivity contribution in [3.8, 4) is 0 Å². The van der Waals surface area contributed by atoms with E-state index in [9.17, 15) is 0 Å². The summed E-state index contributed by atoms with van der Waals surface area (Å²) in [4.78, 5) is 0. The molecule has 2 N–H and O–H groups in total. The smallest absolute Gasteiger partial charge is 0.108 e. The quantitative estimate of drug-likeness (QED) is 0.660. The molecule has 1 aliphatic carbocycles. The highest BCUT2D eigenvalue weighted by atomic mass is 15.2. The number of benzene rings is 2. The van der Waals surface area contributed by atoms with Crippen molar-refractivity contribution in [1.82, 2.24) is 0 Å². The van der Waals surface area contributed by atoms with Gasteiger partial charge in [-0.25, -0.2) is 0 Å². The zero-order valence-corrected chi connectivity index (χ0v) is 15.2. The first-order chi connectivity index (χ1) is 11.5. The first-order valence-corrected chi connectivity index (χ1v) is 9.13. The molecule has 0 aliphatic heterocycles. The topological polar surface area (TPSA) is 24.1 Å². The molecule has 1 saturated carbocycles. The molecule has 0 unspecified atom stereocenters. The summed E-state index contributed by atoms with van der Waals surface area (Å²) in [5.41, 5.74) is 2.71. The number of hydrogen-bond acceptors (Lipinski definition) is 2. The maximum atomic E-state index is 3.80. The van der Waals surface area contributed by atoms with Gasteiger partial charge < -0.3 is 10.6 Å². The zero-order chi connectivity index (χ0) is 17.0. The fraction of sp³-hybridized carbons (Fsp3) is 0.455. The molecule has 128 valence electrons. The SMILES string of the molecule is CC(C)(C)C1CCC(Nc2ccccc2)(Nc2ccccc2)CC1. The van der Waals surface area contributed by atoms with E-state index in [0.717, 1.165) is 18.8 Å². The van der Waals surface area contributed by atoms with Crippen molar-refractivity contribution in [3.63, 3.8) is 0 Å². The van der Waals surface area contributed by atoms with Crippen molar-refractivity contribution in [2.45, 2.75) is 52.1 Å². The van der Waals surface area contributed by atoms with Gasteiger partial charge in [-0.05, 0) is 61.3 Å². The fourth-order valence-electron chi connectivity index (χ4n) is 3.85. The molecule has 2 aromatic rings. The average Bonchev–Trinajstić information content (AvgIpc) is 2.56. The van der Waals surface area contributed by atoms with Crippen molar-refractivity contribution in [3.05, 3.63) is 60.7 Å². The van der Waals surface area contributed by atoms with E-state index in [2.05, 4.69) is 92.1 Å². The summed E-state index contributed by atoms with van der Waals surface area (Å²) >= 11 is 0. The van der Waals surface area contributed by atoms with E-state index in [4.69, 9.17) is 0 Å². The van der Waals surface area contributed by atoms with Gasteiger partial charge in [0.15, 0.2) is 0 Å². The number of para-hydroxylation sites is 2. The van der Waals surface area contributed by atoms with Crippen LogP contribution in [0.15, 0.2) is 60.7 Å². The second-order valence-electron chi connectivity index (χ2n) is 8.20. The van der Waals surface area contributed by atoms with E-state index in [1.165, 1.54) is 24.2 Å². The Labute approximate surface area is 146 Å². The standard InChI is InChI=1S/C22H30N2/c1-21(2,3)18-14-16-22(17-15-18,23-19-10-6-4-7-11-19)24-20-12-8-5-9-13-20/h4-13,18,23-24H,14-17H2,1-3H3. The second kappa shape index (κ2) is 6.88. The third-order valence-electron chi connectivity index (χ3n) is 5.38. The Morgan fingerprint density at radius 3 is 1.54 bits per heavy atom. The van der Waals surface area contributed by atoms with Gasteiger partial charge in [-0.2, -0.15) is 0 Å². The van der Waals surface area contributed by atoms with Crippen LogP contribution in [0, 0.1) is 11.3 Å². The molecule has 1 aliphatic rings. The van der Waals surface area contributed by atoms with Crippen LogP contribution >= 0.6 is 0 Å². The molecule has 24 heavy (non-hydrogen) atoms. The van der Waals surface area contributed by atoms with Crippen LogP contribution in [-0.2, 0) is 0 Å². The van der Waals surface area contributed by atoms with Gasteiger partial charge in [0.05, 0.1) is 0 Å². The molecular weight excluding hydrogens is 292 g/mol. The number of anilines is 2. The Hall–Kier alpha value is -1.96. The van der Waals surface area contributed by atoms with Gasteiger partial charge in [0.25, 0.3) is 0 Å². The lowest BCUT2D eigenvalue weighted by Crippen LogP contribution is -2.50. The lowest BCUT2D eigenvalue weighted by atomic mass is 9.69.